The third-order valence-electron chi connectivity index (χ3n) is 5.39. The molecule has 10 heteroatoms. The molecular formula is C22H26ClN5O4. The van der Waals surface area contributed by atoms with Gasteiger partial charge in [-0.1, -0.05) is 23.8 Å². The number of carbonyl (C=O) groups excluding carboxylic acids is 2. The summed E-state index contributed by atoms with van der Waals surface area (Å²) in [5, 5.41) is 5.93. The number of nitrogens with zero attached hydrogens (tertiary/aromatic N) is 1. The summed E-state index contributed by atoms with van der Waals surface area (Å²) in [5.74, 6) is 0.622. The molecule has 0 radical (unpaired) electrons. The molecule has 1 aromatic heterocycles. The van der Waals surface area contributed by atoms with Gasteiger partial charge in [-0.15, -0.1) is 0 Å². The Morgan fingerprint density at radius 2 is 2.25 bits per heavy atom. The molecule has 32 heavy (non-hydrogen) atoms. The van der Waals surface area contributed by atoms with E-state index in [4.69, 9.17) is 26.8 Å². The number of amides is 2. The van der Waals surface area contributed by atoms with Crippen LogP contribution in [0.1, 0.15) is 37.5 Å². The number of carbonyl (C=O) groups is 2. The van der Waals surface area contributed by atoms with E-state index in [0.717, 1.165) is 6.42 Å². The van der Waals surface area contributed by atoms with Gasteiger partial charge in [-0.05, 0) is 37.5 Å². The van der Waals surface area contributed by atoms with Crippen LogP contribution in [-0.2, 0) is 14.3 Å². The molecule has 2 aliphatic heterocycles. The SMILES string of the molecule is N[C@H]1C/C=C/CCC(=O)Nc2cc(NC(=O)OCC3CCOC3)ccc2-c2nc1[nH]c2Cl. The van der Waals surface area contributed by atoms with Crippen LogP contribution < -0.4 is 16.4 Å². The van der Waals surface area contributed by atoms with Crippen LogP contribution in [-0.4, -0.2) is 41.8 Å². The van der Waals surface area contributed by atoms with Crippen molar-refractivity contribution in [2.45, 2.75) is 31.7 Å². The molecule has 3 heterocycles. The summed E-state index contributed by atoms with van der Waals surface area (Å²) >= 11 is 6.40. The van der Waals surface area contributed by atoms with Gasteiger partial charge in [0.2, 0.25) is 5.91 Å². The minimum atomic E-state index is -0.566. The highest BCUT2D eigenvalue weighted by Crippen LogP contribution is 2.35. The lowest BCUT2D eigenvalue weighted by Gasteiger charge is -2.14. The molecule has 2 bridgehead atoms. The molecule has 1 unspecified atom stereocenters. The van der Waals surface area contributed by atoms with Crippen molar-refractivity contribution < 1.29 is 19.1 Å². The van der Waals surface area contributed by atoms with Gasteiger partial charge in [-0.25, -0.2) is 9.78 Å². The molecule has 9 nitrogen and oxygen atoms in total. The summed E-state index contributed by atoms with van der Waals surface area (Å²) < 4.78 is 10.6. The van der Waals surface area contributed by atoms with Gasteiger partial charge < -0.3 is 25.5 Å². The summed E-state index contributed by atoms with van der Waals surface area (Å²) in [6.45, 7) is 1.59. The Kier molecular flexibility index (Phi) is 7.09. The van der Waals surface area contributed by atoms with E-state index in [9.17, 15) is 9.59 Å². The number of imidazole rings is 1. The van der Waals surface area contributed by atoms with Crippen LogP contribution in [0.25, 0.3) is 11.3 Å². The van der Waals surface area contributed by atoms with Crippen LogP contribution in [0, 0.1) is 5.92 Å². The van der Waals surface area contributed by atoms with E-state index in [1.54, 1.807) is 18.2 Å². The Labute approximate surface area is 190 Å². The van der Waals surface area contributed by atoms with Crippen molar-refractivity contribution in [3.8, 4) is 11.3 Å². The first-order valence-electron chi connectivity index (χ1n) is 10.6. The van der Waals surface area contributed by atoms with Crippen molar-refractivity contribution in [1.82, 2.24) is 9.97 Å². The topological polar surface area (TPSA) is 131 Å². The molecule has 1 aromatic carbocycles. The summed E-state index contributed by atoms with van der Waals surface area (Å²) in [5.41, 5.74) is 8.27. The van der Waals surface area contributed by atoms with Crippen molar-refractivity contribution >= 4 is 35.0 Å². The molecular weight excluding hydrogens is 434 g/mol. The summed E-state index contributed by atoms with van der Waals surface area (Å²) in [4.78, 5) is 32.3. The van der Waals surface area contributed by atoms with Crippen molar-refractivity contribution in [3.63, 3.8) is 0 Å². The number of H-pyrrole nitrogens is 1. The monoisotopic (exact) mass is 459 g/mol. The third kappa shape index (κ3) is 5.48. The fourth-order valence-electron chi connectivity index (χ4n) is 3.62. The Morgan fingerprint density at radius 3 is 3.06 bits per heavy atom. The van der Waals surface area contributed by atoms with Gasteiger partial charge in [0.1, 0.15) is 16.7 Å². The zero-order chi connectivity index (χ0) is 22.5. The van der Waals surface area contributed by atoms with E-state index < -0.39 is 6.09 Å². The molecule has 2 atom stereocenters. The normalized spacial score (nSPS) is 22.0. The summed E-state index contributed by atoms with van der Waals surface area (Å²) in [7, 11) is 0. The van der Waals surface area contributed by atoms with Gasteiger partial charge in [0.05, 0.1) is 24.9 Å². The van der Waals surface area contributed by atoms with Crippen LogP contribution in [0.3, 0.4) is 0 Å². The maximum absolute atomic E-state index is 12.5. The highest BCUT2D eigenvalue weighted by Gasteiger charge is 2.21. The number of hydrogen-bond acceptors (Lipinski definition) is 6. The van der Waals surface area contributed by atoms with E-state index in [2.05, 4.69) is 20.6 Å². The number of nitrogens with one attached hydrogen (secondary N) is 3. The van der Waals surface area contributed by atoms with Gasteiger partial charge in [-0.2, -0.15) is 0 Å². The highest BCUT2D eigenvalue weighted by atomic mass is 35.5. The minimum Gasteiger partial charge on any atom is -0.449 e. The Balaban J connectivity index is 1.57. The second kappa shape index (κ2) is 10.2. The number of rotatable bonds is 3. The molecule has 0 aliphatic carbocycles. The highest BCUT2D eigenvalue weighted by molar-refractivity contribution is 6.32. The third-order valence-corrected chi connectivity index (χ3v) is 5.67. The molecule has 2 aromatic rings. The van der Waals surface area contributed by atoms with E-state index in [1.807, 2.05) is 12.2 Å². The standard InChI is InChI=1S/C22H26ClN5O4/c23-20-19-15-7-6-14(25-22(30)32-12-13-8-9-31-11-13)10-17(15)26-18(29)5-3-1-2-4-16(24)21(27-19)28-20/h1-2,6-7,10,13,16H,3-5,8-9,11-12,24H2,(H,25,30)(H,26,29)(H,27,28)/b2-1+/t13?,16-/m0/s1. The number of allylic oxidation sites excluding steroid dienone is 1. The van der Waals surface area contributed by atoms with Crippen LogP contribution >= 0.6 is 11.6 Å². The Hall–Kier alpha value is -2.88. The zero-order valence-corrected chi connectivity index (χ0v) is 18.3. The Morgan fingerprint density at radius 1 is 1.38 bits per heavy atom. The molecule has 5 N–H and O–H groups in total. The lowest BCUT2D eigenvalue weighted by Crippen LogP contribution is -2.19. The van der Waals surface area contributed by atoms with Gasteiger partial charge in [0.15, 0.2) is 0 Å². The summed E-state index contributed by atoms with van der Waals surface area (Å²) in [6.07, 6.45) is 5.65. The van der Waals surface area contributed by atoms with Gasteiger partial charge in [-0.3, -0.25) is 10.1 Å². The van der Waals surface area contributed by atoms with E-state index in [-0.39, 0.29) is 17.9 Å². The summed E-state index contributed by atoms with van der Waals surface area (Å²) in [6, 6.07) is 4.76. The van der Waals surface area contributed by atoms with Crippen molar-refractivity contribution in [2.24, 2.45) is 11.7 Å². The maximum Gasteiger partial charge on any atom is 0.411 e. The van der Waals surface area contributed by atoms with Crippen molar-refractivity contribution in [2.75, 3.05) is 30.5 Å². The van der Waals surface area contributed by atoms with Crippen molar-refractivity contribution in [1.29, 1.82) is 0 Å². The first-order chi connectivity index (χ1) is 15.5. The molecule has 0 spiro atoms. The number of benzene rings is 1. The average molecular weight is 460 g/mol. The number of aromatic nitrogens is 2. The number of hydrogen-bond donors (Lipinski definition) is 4. The van der Waals surface area contributed by atoms with Gasteiger partial charge in [0, 0.05) is 30.2 Å². The largest absolute Gasteiger partial charge is 0.449 e. The molecule has 2 amide bonds. The van der Waals surface area contributed by atoms with Crippen LogP contribution in [0.4, 0.5) is 16.2 Å². The predicted molar refractivity (Wildman–Crippen MR) is 121 cm³/mol. The number of halogens is 1. The lowest BCUT2D eigenvalue weighted by molar-refractivity contribution is -0.116. The smallest absolute Gasteiger partial charge is 0.411 e. The van der Waals surface area contributed by atoms with Crippen LogP contribution in [0.5, 0.6) is 0 Å². The molecule has 1 saturated heterocycles. The van der Waals surface area contributed by atoms with E-state index in [0.29, 0.717) is 72.7 Å². The molecule has 0 saturated carbocycles. The fourth-order valence-corrected chi connectivity index (χ4v) is 3.86. The molecule has 1 fully saturated rings. The number of ether oxygens (including phenoxy) is 2. The van der Waals surface area contributed by atoms with Crippen LogP contribution in [0.2, 0.25) is 5.15 Å². The first kappa shape index (κ1) is 22.3. The second-order valence-electron chi connectivity index (χ2n) is 7.90. The number of nitrogens with two attached hydrogens (primary N) is 1. The quantitative estimate of drug-likeness (QED) is 0.513. The maximum atomic E-state index is 12.5. The first-order valence-corrected chi connectivity index (χ1v) is 11.0. The molecule has 4 rings (SSSR count). The number of anilines is 2. The number of aromatic amines is 1. The van der Waals surface area contributed by atoms with Crippen LogP contribution in [0.15, 0.2) is 30.4 Å². The van der Waals surface area contributed by atoms with E-state index in [1.165, 1.54) is 0 Å². The fraction of sp³-hybridized carbons (Fsp3) is 0.409. The van der Waals surface area contributed by atoms with Gasteiger partial charge >= 0.3 is 6.09 Å². The van der Waals surface area contributed by atoms with E-state index >= 15 is 0 Å². The number of fused-ring (bicyclic) bond motifs is 4. The second-order valence-corrected chi connectivity index (χ2v) is 8.28. The van der Waals surface area contributed by atoms with Crippen molar-refractivity contribution in [3.05, 3.63) is 41.3 Å². The lowest BCUT2D eigenvalue weighted by atomic mass is 10.1. The molecule has 2 aliphatic rings. The van der Waals surface area contributed by atoms with Gasteiger partial charge in [0.25, 0.3) is 0 Å². The predicted octanol–water partition coefficient (Wildman–Crippen LogP) is 3.99. The molecule has 170 valence electrons. The minimum absolute atomic E-state index is 0.160. The zero-order valence-electron chi connectivity index (χ0n) is 17.5. The average Bonchev–Trinajstić information content (AvgIpc) is 3.41. The Bertz CT molecular complexity index is 1020.